The van der Waals surface area contributed by atoms with E-state index in [0.717, 1.165) is 6.20 Å². The topological polar surface area (TPSA) is 78.1 Å². The smallest absolute Gasteiger partial charge is 0.464 e. The lowest BCUT2D eigenvalue weighted by Crippen LogP contribution is -2.05. The Hall–Kier alpha value is -2.45. The van der Waals surface area contributed by atoms with E-state index in [0.29, 0.717) is 0 Å². The first-order valence-electron chi connectivity index (χ1n) is 4.87. The van der Waals surface area contributed by atoms with Crippen molar-refractivity contribution in [1.82, 2.24) is 15.1 Å². The first-order chi connectivity index (χ1) is 8.91. The monoisotopic (exact) mass is 273 g/mol. The molecule has 0 aliphatic rings. The zero-order chi connectivity index (χ0) is 14.0. The quantitative estimate of drug-likeness (QED) is 0.778. The molecule has 2 aromatic rings. The van der Waals surface area contributed by atoms with E-state index < -0.39 is 18.0 Å². The summed E-state index contributed by atoms with van der Waals surface area (Å²) in [6.45, 7) is 0. The minimum atomic E-state index is -4.70. The van der Waals surface area contributed by atoms with Crippen LogP contribution >= 0.6 is 0 Å². The van der Waals surface area contributed by atoms with Crippen LogP contribution in [0.5, 0.6) is 0 Å². The summed E-state index contributed by atoms with van der Waals surface area (Å²) in [4.78, 5) is 18.0. The van der Waals surface area contributed by atoms with E-state index in [1.165, 1.54) is 19.2 Å². The third kappa shape index (κ3) is 2.69. The molecule has 100 valence electrons. The number of halogens is 3. The van der Waals surface area contributed by atoms with Gasteiger partial charge in [0, 0.05) is 11.8 Å². The molecule has 9 heteroatoms. The van der Waals surface area contributed by atoms with Gasteiger partial charge in [0.2, 0.25) is 5.82 Å². The minimum absolute atomic E-state index is 0.0192. The molecule has 2 rings (SSSR count). The maximum atomic E-state index is 12.3. The molecule has 0 amide bonds. The van der Waals surface area contributed by atoms with E-state index in [-0.39, 0.29) is 17.1 Å². The molecule has 6 nitrogen and oxygen atoms in total. The molecule has 0 N–H and O–H groups in total. The molecular weight excluding hydrogens is 267 g/mol. The van der Waals surface area contributed by atoms with Crippen LogP contribution in [0.3, 0.4) is 0 Å². The summed E-state index contributed by atoms with van der Waals surface area (Å²) in [5.41, 5.74) is 0.206. The SMILES string of the molecule is COC(=O)c1ccc(-c2noc(C(F)(F)F)n2)cn1. The Kier molecular flexibility index (Phi) is 3.19. The van der Waals surface area contributed by atoms with Gasteiger partial charge in [0.05, 0.1) is 7.11 Å². The summed E-state index contributed by atoms with van der Waals surface area (Å²) in [6, 6.07) is 2.62. The van der Waals surface area contributed by atoms with Crippen LogP contribution in [0.2, 0.25) is 0 Å². The van der Waals surface area contributed by atoms with Crippen molar-refractivity contribution >= 4 is 5.97 Å². The highest BCUT2D eigenvalue weighted by molar-refractivity contribution is 5.87. The highest BCUT2D eigenvalue weighted by atomic mass is 19.4. The largest absolute Gasteiger partial charge is 0.471 e. The molecular formula is C10H6F3N3O3. The highest BCUT2D eigenvalue weighted by Crippen LogP contribution is 2.29. The third-order valence-corrected chi connectivity index (χ3v) is 2.08. The van der Waals surface area contributed by atoms with Gasteiger partial charge < -0.3 is 9.26 Å². The van der Waals surface area contributed by atoms with Crippen LogP contribution in [-0.4, -0.2) is 28.2 Å². The zero-order valence-corrected chi connectivity index (χ0v) is 9.43. The number of alkyl halides is 3. The van der Waals surface area contributed by atoms with Crippen molar-refractivity contribution in [1.29, 1.82) is 0 Å². The van der Waals surface area contributed by atoms with Crippen LogP contribution in [-0.2, 0) is 10.9 Å². The van der Waals surface area contributed by atoms with Crippen LogP contribution in [0.25, 0.3) is 11.4 Å². The average Bonchev–Trinajstić information content (AvgIpc) is 2.87. The molecule has 0 aliphatic carbocycles. The van der Waals surface area contributed by atoms with Gasteiger partial charge in [0.1, 0.15) is 5.69 Å². The summed E-state index contributed by atoms with van der Waals surface area (Å²) in [5, 5.41) is 3.19. The van der Waals surface area contributed by atoms with Crippen LogP contribution in [0.4, 0.5) is 13.2 Å². The molecule has 2 aromatic heterocycles. The number of rotatable bonds is 2. The number of nitrogens with zero attached hydrogens (tertiary/aromatic N) is 3. The van der Waals surface area contributed by atoms with Crippen molar-refractivity contribution in [3.8, 4) is 11.4 Å². The molecule has 19 heavy (non-hydrogen) atoms. The lowest BCUT2D eigenvalue weighted by atomic mass is 10.2. The maximum Gasteiger partial charge on any atom is 0.471 e. The normalized spacial score (nSPS) is 11.4. The van der Waals surface area contributed by atoms with Gasteiger partial charge in [-0.05, 0) is 12.1 Å². The first-order valence-corrected chi connectivity index (χ1v) is 4.87. The maximum absolute atomic E-state index is 12.3. The van der Waals surface area contributed by atoms with Gasteiger partial charge in [-0.25, -0.2) is 9.78 Å². The van der Waals surface area contributed by atoms with E-state index in [1.54, 1.807) is 0 Å². The predicted octanol–water partition coefficient (Wildman–Crippen LogP) is 1.94. The summed E-state index contributed by atoms with van der Waals surface area (Å²) >= 11 is 0. The molecule has 0 saturated heterocycles. The molecule has 0 bridgehead atoms. The van der Waals surface area contributed by atoms with Crippen molar-refractivity contribution < 1.29 is 27.2 Å². The van der Waals surface area contributed by atoms with Crippen molar-refractivity contribution in [3.05, 3.63) is 29.9 Å². The van der Waals surface area contributed by atoms with Gasteiger partial charge in [0.25, 0.3) is 0 Å². The van der Waals surface area contributed by atoms with Crippen LogP contribution in [0, 0.1) is 0 Å². The number of aromatic nitrogens is 3. The third-order valence-electron chi connectivity index (χ3n) is 2.08. The number of carbonyl (C=O) groups is 1. The first kappa shape index (κ1) is 13.0. The van der Waals surface area contributed by atoms with Gasteiger partial charge >= 0.3 is 18.0 Å². The molecule has 0 spiro atoms. The predicted molar refractivity (Wildman–Crippen MR) is 53.9 cm³/mol. The van der Waals surface area contributed by atoms with Crippen molar-refractivity contribution in [2.75, 3.05) is 7.11 Å². The Morgan fingerprint density at radius 2 is 2.11 bits per heavy atom. The fourth-order valence-corrected chi connectivity index (χ4v) is 1.21. The number of esters is 1. The average molecular weight is 273 g/mol. The number of pyridine rings is 1. The fourth-order valence-electron chi connectivity index (χ4n) is 1.21. The van der Waals surface area contributed by atoms with Gasteiger partial charge in [0.15, 0.2) is 0 Å². The molecule has 0 radical (unpaired) electrons. The number of hydrogen-bond acceptors (Lipinski definition) is 6. The molecule has 0 aromatic carbocycles. The number of ether oxygens (including phenoxy) is 1. The van der Waals surface area contributed by atoms with E-state index in [1.807, 2.05) is 0 Å². The fraction of sp³-hybridized carbons (Fsp3) is 0.200. The summed E-state index contributed by atoms with van der Waals surface area (Å²) in [5.74, 6) is -2.37. The van der Waals surface area contributed by atoms with Gasteiger partial charge in [-0.3, -0.25) is 0 Å². The number of carbonyl (C=O) groups excluding carboxylic acids is 1. The van der Waals surface area contributed by atoms with E-state index >= 15 is 0 Å². The second kappa shape index (κ2) is 4.67. The molecule has 0 saturated carbocycles. The van der Waals surface area contributed by atoms with Gasteiger partial charge in [-0.15, -0.1) is 0 Å². The van der Waals surface area contributed by atoms with Crippen LogP contribution < -0.4 is 0 Å². The standard InChI is InChI=1S/C10H6F3N3O3/c1-18-8(17)6-3-2-5(4-14-6)7-15-9(19-16-7)10(11,12)13/h2-4H,1H3. The lowest BCUT2D eigenvalue weighted by molar-refractivity contribution is -0.159. The van der Waals surface area contributed by atoms with Crippen molar-refractivity contribution in [3.63, 3.8) is 0 Å². The number of hydrogen-bond donors (Lipinski definition) is 0. The van der Waals surface area contributed by atoms with Crippen LogP contribution in [0.15, 0.2) is 22.9 Å². The lowest BCUT2D eigenvalue weighted by Gasteiger charge is -1.98. The Labute approximate surface area is 104 Å². The van der Waals surface area contributed by atoms with Gasteiger partial charge in [-0.2, -0.15) is 18.2 Å². The second-order valence-corrected chi connectivity index (χ2v) is 3.34. The summed E-state index contributed by atoms with van der Waals surface area (Å²) in [7, 11) is 1.19. The Balaban J connectivity index is 2.28. The highest BCUT2D eigenvalue weighted by Gasteiger charge is 2.38. The molecule has 0 atom stereocenters. The Morgan fingerprint density at radius 1 is 1.37 bits per heavy atom. The van der Waals surface area contributed by atoms with E-state index in [4.69, 9.17) is 0 Å². The molecule has 0 fully saturated rings. The molecule has 2 heterocycles. The van der Waals surface area contributed by atoms with E-state index in [2.05, 4.69) is 24.4 Å². The minimum Gasteiger partial charge on any atom is -0.464 e. The second-order valence-electron chi connectivity index (χ2n) is 3.34. The Morgan fingerprint density at radius 3 is 2.58 bits per heavy atom. The van der Waals surface area contributed by atoms with Crippen LogP contribution in [0.1, 0.15) is 16.4 Å². The summed E-state index contributed by atoms with van der Waals surface area (Å²) in [6.07, 6.45) is -3.55. The molecule has 0 aliphatic heterocycles. The number of methoxy groups -OCH3 is 1. The van der Waals surface area contributed by atoms with Crippen molar-refractivity contribution in [2.24, 2.45) is 0 Å². The van der Waals surface area contributed by atoms with Gasteiger partial charge in [-0.1, -0.05) is 5.16 Å². The zero-order valence-electron chi connectivity index (χ0n) is 9.43. The van der Waals surface area contributed by atoms with E-state index in [9.17, 15) is 18.0 Å². The summed E-state index contributed by atoms with van der Waals surface area (Å²) < 4.78 is 45.3. The molecule has 0 unspecified atom stereocenters. The van der Waals surface area contributed by atoms with Crippen molar-refractivity contribution in [2.45, 2.75) is 6.18 Å². The Bertz CT molecular complexity index is 592.